The minimum Gasteiger partial charge on any atom is -0.494 e. The average molecular weight is 380 g/mol. The zero-order chi connectivity index (χ0) is 20.3. The molecule has 0 bridgehead atoms. The van der Waals surface area contributed by atoms with Crippen LogP contribution in [0, 0.1) is 5.92 Å². The first-order valence-corrected chi connectivity index (χ1v) is 9.72. The number of nitrogens with zero attached hydrogens (tertiary/aromatic N) is 1. The smallest absolute Gasteiger partial charge is 0.229 e. The Morgan fingerprint density at radius 2 is 1.75 bits per heavy atom. The van der Waals surface area contributed by atoms with Crippen LogP contribution in [0.2, 0.25) is 0 Å². The molecule has 0 aromatic heterocycles. The van der Waals surface area contributed by atoms with Gasteiger partial charge in [0.1, 0.15) is 5.75 Å². The van der Waals surface area contributed by atoms with Crippen LogP contribution in [0.4, 0.5) is 11.4 Å². The summed E-state index contributed by atoms with van der Waals surface area (Å²) in [6.07, 6.45) is 0.226. The van der Waals surface area contributed by atoms with Gasteiger partial charge in [0.25, 0.3) is 0 Å². The van der Waals surface area contributed by atoms with Crippen molar-refractivity contribution >= 4 is 23.2 Å². The Hall–Kier alpha value is -2.82. The molecular weight excluding hydrogens is 352 g/mol. The van der Waals surface area contributed by atoms with Gasteiger partial charge in [-0.3, -0.25) is 9.59 Å². The lowest BCUT2D eigenvalue weighted by molar-refractivity contribution is -0.122. The Balaban J connectivity index is 1.64. The highest BCUT2D eigenvalue weighted by Gasteiger charge is 2.35. The van der Waals surface area contributed by atoms with Gasteiger partial charge in [0.05, 0.1) is 12.5 Å². The minimum absolute atomic E-state index is 0.0182. The lowest BCUT2D eigenvalue weighted by Crippen LogP contribution is -2.28. The summed E-state index contributed by atoms with van der Waals surface area (Å²) in [5.74, 6) is 0.254. The van der Waals surface area contributed by atoms with Crippen LogP contribution in [0.25, 0.3) is 0 Å². The molecule has 1 heterocycles. The molecule has 1 aliphatic rings. The molecule has 2 aromatic rings. The third-order valence-corrected chi connectivity index (χ3v) is 4.97. The Bertz CT molecular complexity index is 836. The number of anilines is 2. The summed E-state index contributed by atoms with van der Waals surface area (Å²) < 4.78 is 5.41. The van der Waals surface area contributed by atoms with E-state index in [1.54, 1.807) is 4.90 Å². The van der Waals surface area contributed by atoms with Crippen LogP contribution in [0.1, 0.15) is 39.7 Å². The van der Waals surface area contributed by atoms with E-state index in [4.69, 9.17) is 4.74 Å². The lowest BCUT2D eigenvalue weighted by atomic mass is 9.87. The maximum absolute atomic E-state index is 12.6. The van der Waals surface area contributed by atoms with E-state index in [1.807, 2.05) is 43.3 Å². The summed E-state index contributed by atoms with van der Waals surface area (Å²) in [4.78, 5) is 26.8. The highest BCUT2D eigenvalue weighted by atomic mass is 16.5. The quantitative estimate of drug-likeness (QED) is 0.838. The van der Waals surface area contributed by atoms with Gasteiger partial charge in [-0.25, -0.2) is 0 Å². The second-order valence-electron chi connectivity index (χ2n) is 8.15. The Labute approximate surface area is 166 Å². The topological polar surface area (TPSA) is 58.6 Å². The zero-order valence-electron chi connectivity index (χ0n) is 17.0. The lowest BCUT2D eigenvalue weighted by Gasteiger charge is -2.21. The maximum Gasteiger partial charge on any atom is 0.229 e. The molecule has 1 N–H and O–H groups in total. The van der Waals surface area contributed by atoms with Crippen LogP contribution >= 0.6 is 0 Å². The molecule has 5 heteroatoms. The van der Waals surface area contributed by atoms with Crippen LogP contribution in [-0.4, -0.2) is 25.0 Å². The maximum atomic E-state index is 12.6. The first-order chi connectivity index (χ1) is 13.3. The van der Waals surface area contributed by atoms with E-state index < -0.39 is 0 Å². The van der Waals surface area contributed by atoms with Gasteiger partial charge in [0.2, 0.25) is 11.8 Å². The number of benzene rings is 2. The summed E-state index contributed by atoms with van der Waals surface area (Å²) in [6.45, 7) is 9.40. The van der Waals surface area contributed by atoms with Crippen LogP contribution < -0.4 is 15.0 Å². The molecular formula is C23H28N2O3. The fraction of sp³-hybridized carbons (Fsp3) is 0.391. The molecule has 0 spiro atoms. The van der Waals surface area contributed by atoms with E-state index in [-0.39, 0.29) is 29.6 Å². The fourth-order valence-electron chi connectivity index (χ4n) is 3.32. The summed E-state index contributed by atoms with van der Waals surface area (Å²) in [6, 6.07) is 15.3. The first kappa shape index (κ1) is 19.9. The van der Waals surface area contributed by atoms with Gasteiger partial charge in [-0.15, -0.1) is 0 Å². The van der Waals surface area contributed by atoms with Crippen LogP contribution in [0.15, 0.2) is 48.5 Å². The van der Waals surface area contributed by atoms with Crippen LogP contribution in [0.5, 0.6) is 5.75 Å². The molecule has 2 aromatic carbocycles. The van der Waals surface area contributed by atoms with Crippen molar-refractivity contribution in [3.05, 3.63) is 54.1 Å². The summed E-state index contributed by atoms with van der Waals surface area (Å²) >= 11 is 0. The van der Waals surface area contributed by atoms with Crippen molar-refractivity contribution in [2.24, 2.45) is 5.92 Å². The van der Waals surface area contributed by atoms with Gasteiger partial charge < -0.3 is 15.0 Å². The van der Waals surface area contributed by atoms with E-state index in [0.717, 1.165) is 11.4 Å². The third-order valence-electron chi connectivity index (χ3n) is 4.97. The summed E-state index contributed by atoms with van der Waals surface area (Å²) in [5.41, 5.74) is 2.82. The molecule has 0 radical (unpaired) electrons. The Kier molecular flexibility index (Phi) is 5.73. The number of ether oxygens (including phenoxy) is 1. The number of hydrogen-bond donors (Lipinski definition) is 1. The summed E-state index contributed by atoms with van der Waals surface area (Å²) in [5, 5.41) is 2.90. The van der Waals surface area contributed by atoms with Gasteiger partial charge in [0, 0.05) is 24.3 Å². The zero-order valence-corrected chi connectivity index (χ0v) is 17.0. The van der Waals surface area contributed by atoms with Crippen molar-refractivity contribution in [1.29, 1.82) is 0 Å². The number of hydrogen-bond acceptors (Lipinski definition) is 3. The van der Waals surface area contributed by atoms with Gasteiger partial charge in [-0.2, -0.15) is 0 Å². The normalized spacial score (nSPS) is 16.9. The molecule has 1 unspecified atom stereocenters. The predicted octanol–water partition coefficient (Wildman–Crippen LogP) is 4.37. The number of rotatable bonds is 5. The Morgan fingerprint density at radius 1 is 1.11 bits per heavy atom. The Morgan fingerprint density at radius 3 is 2.32 bits per heavy atom. The van der Waals surface area contributed by atoms with Gasteiger partial charge in [0.15, 0.2) is 0 Å². The van der Waals surface area contributed by atoms with Crippen LogP contribution in [-0.2, 0) is 15.0 Å². The largest absolute Gasteiger partial charge is 0.494 e. The number of carbonyl (C=O) groups is 2. The van der Waals surface area contributed by atoms with Gasteiger partial charge >= 0.3 is 0 Å². The molecule has 1 aliphatic heterocycles. The average Bonchev–Trinajstić information content (AvgIpc) is 3.05. The highest BCUT2D eigenvalue weighted by Crippen LogP contribution is 2.29. The standard InChI is InChI=1S/C23H28N2O3/c1-5-28-20-12-8-18(9-13-20)24-22(27)16-14-21(26)25(15-16)19-10-6-17(7-11-19)23(2,3)4/h6-13,16H,5,14-15H2,1-4H3,(H,24,27). The SMILES string of the molecule is CCOc1ccc(NC(=O)C2CC(=O)N(c3ccc(C(C)(C)C)cc3)C2)cc1. The highest BCUT2D eigenvalue weighted by molar-refractivity contribution is 6.03. The van der Waals surface area contributed by atoms with Crippen molar-refractivity contribution in [2.45, 2.75) is 39.5 Å². The monoisotopic (exact) mass is 380 g/mol. The van der Waals surface area contributed by atoms with Gasteiger partial charge in [-0.05, 0) is 54.3 Å². The van der Waals surface area contributed by atoms with E-state index in [2.05, 4.69) is 38.2 Å². The molecule has 3 rings (SSSR count). The molecule has 148 valence electrons. The molecule has 5 nitrogen and oxygen atoms in total. The number of nitrogens with one attached hydrogen (secondary N) is 1. The van der Waals surface area contributed by atoms with Gasteiger partial charge in [-0.1, -0.05) is 32.9 Å². The first-order valence-electron chi connectivity index (χ1n) is 9.72. The van der Waals surface area contributed by atoms with Crippen LogP contribution in [0.3, 0.4) is 0 Å². The van der Waals surface area contributed by atoms with Crippen molar-refractivity contribution in [3.63, 3.8) is 0 Å². The fourth-order valence-corrected chi connectivity index (χ4v) is 3.32. The molecule has 0 saturated carbocycles. The molecule has 0 aliphatic carbocycles. The van der Waals surface area contributed by atoms with Crippen molar-refractivity contribution in [2.75, 3.05) is 23.4 Å². The number of carbonyl (C=O) groups excluding carboxylic acids is 2. The molecule has 1 saturated heterocycles. The molecule has 2 amide bonds. The van der Waals surface area contributed by atoms with Crippen molar-refractivity contribution in [3.8, 4) is 5.75 Å². The molecule has 28 heavy (non-hydrogen) atoms. The van der Waals surface area contributed by atoms with E-state index in [1.165, 1.54) is 5.56 Å². The van der Waals surface area contributed by atoms with Crippen molar-refractivity contribution in [1.82, 2.24) is 0 Å². The summed E-state index contributed by atoms with van der Waals surface area (Å²) in [7, 11) is 0. The second kappa shape index (κ2) is 8.05. The van der Waals surface area contributed by atoms with E-state index in [9.17, 15) is 9.59 Å². The minimum atomic E-state index is -0.360. The van der Waals surface area contributed by atoms with Crippen molar-refractivity contribution < 1.29 is 14.3 Å². The molecule has 1 fully saturated rings. The molecule has 1 atom stereocenters. The van der Waals surface area contributed by atoms with E-state index >= 15 is 0 Å². The predicted molar refractivity (Wildman–Crippen MR) is 112 cm³/mol. The second-order valence-corrected chi connectivity index (χ2v) is 8.15. The third kappa shape index (κ3) is 4.53. The van der Waals surface area contributed by atoms with E-state index in [0.29, 0.717) is 18.8 Å². The number of amides is 2.